The minimum Gasteiger partial charge on any atom is -0.408 e. The van der Waals surface area contributed by atoms with E-state index in [0.29, 0.717) is 6.42 Å². The third-order valence-electron chi connectivity index (χ3n) is 2.18. The number of rotatable bonds is 5. The third-order valence-corrected chi connectivity index (χ3v) is 2.18. The fraction of sp³-hybridized carbons (Fsp3) is 0.636. The number of allylic oxidation sites excluding steroid dienone is 4. The van der Waals surface area contributed by atoms with Crippen LogP contribution in [0.5, 0.6) is 0 Å². The lowest BCUT2D eigenvalue weighted by molar-refractivity contribution is -0.306. The standard InChI is InChI=1S/C11H16F4O/c1-4-9(5-2)6-7-10(12)8(3)16-11(13,14)15/h4H,5-7H2,1-3H3/b9-4-,10-8-. The van der Waals surface area contributed by atoms with Crippen molar-refractivity contribution in [1.82, 2.24) is 0 Å². The van der Waals surface area contributed by atoms with Crippen LogP contribution in [0.3, 0.4) is 0 Å². The Bertz CT molecular complexity index is 276. The quantitative estimate of drug-likeness (QED) is 0.379. The van der Waals surface area contributed by atoms with Gasteiger partial charge in [0.2, 0.25) is 0 Å². The molecule has 0 aliphatic heterocycles. The van der Waals surface area contributed by atoms with Crippen LogP contribution in [0.25, 0.3) is 0 Å². The molecule has 1 nitrogen and oxygen atoms in total. The van der Waals surface area contributed by atoms with Crippen molar-refractivity contribution < 1.29 is 22.3 Å². The molecule has 0 aromatic heterocycles. The average Bonchev–Trinajstić information content (AvgIpc) is 2.16. The molecule has 0 atom stereocenters. The van der Waals surface area contributed by atoms with Gasteiger partial charge < -0.3 is 4.74 Å². The van der Waals surface area contributed by atoms with Gasteiger partial charge in [0.25, 0.3) is 0 Å². The Morgan fingerprint density at radius 2 is 1.81 bits per heavy atom. The normalized spacial score (nSPS) is 14.8. The molecule has 0 bridgehead atoms. The zero-order chi connectivity index (χ0) is 12.8. The van der Waals surface area contributed by atoms with Crippen molar-refractivity contribution in [3.63, 3.8) is 0 Å². The van der Waals surface area contributed by atoms with Crippen LogP contribution < -0.4 is 0 Å². The van der Waals surface area contributed by atoms with Crippen molar-refractivity contribution >= 4 is 0 Å². The molecular formula is C11H16F4O. The van der Waals surface area contributed by atoms with E-state index in [4.69, 9.17) is 0 Å². The monoisotopic (exact) mass is 240 g/mol. The summed E-state index contributed by atoms with van der Waals surface area (Å²) in [5.74, 6) is -1.57. The number of alkyl halides is 3. The fourth-order valence-corrected chi connectivity index (χ4v) is 1.20. The Morgan fingerprint density at radius 3 is 2.19 bits per heavy atom. The van der Waals surface area contributed by atoms with Gasteiger partial charge in [0.15, 0.2) is 0 Å². The van der Waals surface area contributed by atoms with Gasteiger partial charge in [-0.25, -0.2) is 4.39 Å². The highest BCUT2D eigenvalue weighted by molar-refractivity contribution is 5.05. The lowest BCUT2D eigenvalue weighted by Crippen LogP contribution is -2.12. The number of hydrogen-bond acceptors (Lipinski definition) is 1. The predicted octanol–water partition coefficient (Wildman–Crippen LogP) is 4.86. The van der Waals surface area contributed by atoms with Crippen LogP contribution in [-0.2, 0) is 4.74 Å². The average molecular weight is 240 g/mol. The van der Waals surface area contributed by atoms with Crippen LogP contribution in [0.15, 0.2) is 23.2 Å². The van der Waals surface area contributed by atoms with Gasteiger partial charge in [-0.1, -0.05) is 18.6 Å². The topological polar surface area (TPSA) is 9.23 Å². The van der Waals surface area contributed by atoms with E-state index in [1.807, 2.05) is 19.9 Å². The second-order valence-electron chi connectivity index (χ2n) is 3.31. The van der Waals surface area contributed by atoms with Gasteiger partial charge in [-0.15, -0.1) is 13.2 Å². The minimum atomic E-state index is -4.82. The summed E-state index contributed by atoms with van der Waals surface area (Å²) in [7, 11) is 0. The van der Waals surface area contributed by atoms with Crippen LogP contribution in [0, 0.1) is 0 Å². The molecule has 0 aromatic carbocycles. The molecule has 0 unspecified atom stereocenters. The number of hydrogen-bond donors (Lipinski definition) is 0. The first-order valence-corrected chi connectivity index (χ1v) is 5.05. The van der Waals surface area contributed by atoms with Gasteiger partial charge >= 0.3 is 6.36 Å². The summed E-state index contributed by atoms with van der Waals surface area (Å²) in [5.41, 5.74) is 1.01. The van der Waals surface area contributed by atoms with Gasteiger partial charge in [0, 0.05) is 6.42 Å². The summed E-state index contributed by atoms with van der Waals surface area (Å²) >= 11 is 0. The Kier molecular flexibility index (Phi) is 6.14. The van der Waals surface area contributed by atoms with Gasteiger partial charge in [0.1, 0.15) is 11.6 Å². The number of ether oxygens (including phenoxy) is 1. The van der Waals surface area contributed by atoms with E-state index in [1.54, 1.807) is 0 Å². The molecule has 0 aliphatic rings. The highest BCUT2D eigenvalue weighted by atomic mass is 19.4. The zero-order valence-corrected chi connectivity index (χ0v) is 9.62. The van der Waals surface area contributed by atoms with Gasteiger partial charge in [-0.2, -0.15) is 0 Å². The summed E-state index contributed by atoms with van der Waals surface area (Å²) in [6.07, 6.45) is -1.86. The Morgan fingerprint density at radius 1 is 1.25 bits per heavy atom. The largest absolute Gasteiger partial charge is 0.572 e. The summed E-state index contributed by atoms with van der Waals surface area (Å²) in [4.78, 5) is 0. The third kappa shape index (κ3) is 6.48. The maximum Gasteiger partial charge on any atom is 0.572 e. The molecule has 94 valence electrons. The molecule has 0 aromatic rings. The van der Waals surface area contributed by atoms with Crippen molar-refractivity contribution in [3.05, 3.63) is 23.2 Å². The molecule has 0 saturated heterocycles. The van der Waals surface area contributed by atoms with Crippen molar-refractivity contribution in [2.24, 2.45) is 0 Å². The van der Waals surface area contributed by atoms with Crippen LogP contribution >= 0.6 is 0 Å². The molecule has 16 heavy (non-hydrogen) atoms. The zero-order valence-electron chi connectivity index (χ0n) is 9.62. The lowest BCUT2D eigenvalue weighted by atomic mass is 10.1. The molecule has 5 heteroatoms. The molecular weight excluding hydrogens is 224 g/mol. The van der Waals surface area contributed by atoms with Gasteiger partial charge in [0.05, 0.1) is 0 Å². The smallest absolute Gasteiger partial charge is 0.408 e. The van der Waals surface area contributed by atoms with E-state index >= 15 is 0 Å². The predicted molar refractivity (Wildman–Crippen MR) is 54.2 cm³/mol. The number of halogens is 4. The van der Waals surface area contributed by atoms with Gasteiger partial charge in [-0.05, 0) is 26.7 Å². The minimum absolute atomic E-state index is 0.0601. The molecule has 0 radical (unpaired) electrons. The summed E-state index contributed by atoms with van der Waals surface area (Å²) in [5, 5.41) is 0. The van der Waals surface area contributed by atoms with Crippen molar-refractivity contribution in [3.8, 4) is 0 Å². The molecule has 0 saturated carbocycles. The SMILES string of the molecule is C/C=C(/CC)CC/C(F)=C(\C)OC(F)(F)F. The first kappa shape index (κ1) is 15.0. The van der Waals surface area contributed by atoms with Crippen molar-refractivity contribution in [1.29, 1.82) is 0 Å². The molecule has 0 heterocycles. The Labute approximate surface area is 92.8 Å². The lowest BCUT2D eigenvalue weighted by Gasteiger charge is -2.10. The van der Waals surface area contributed by atoms with Crippen molar-refractivity contribution in [2.45, 2.75) is 46.4 Å². The maximum absolute atomic E-state index is 13.2. The summed E-state index contributed by atoms with van der Waals surface area (Å²) in [6.45, 7) is 4.71. The first-order valence-electron chi connectivity index (χ1n) is 5.05. The second-order valence-corrected chi connectivity index (χ2v) is 3.31. The maximum atomic E-state index is 13.2. The van der Waals surface area contributed by atoms with Crippen LogP contribution in [0.2, 0.25) is 0 Å². The van der Waals surface area contributed by atoms with E-state index in [9.17, 15) is 17.6 Å². The molecule has 0 amide bonds. The van der Waals surface area contributed by atoms with Crippen LogP contribution in [-0.4, -0.2) is 6.36 Å². The van der Waals surface area contributed by atoms with E-state index in [2.05, 4.69) is 4.74 Å². The fourth-order valence-electron chi connectivity index (χ4n) is 1.20. The van der Waals surface area contributed by atoms with E-state index in [1.165, 1.54) is 0 Å². The first-order chi connectivity index (χ1) is 7.30. The van der Waals surface area contributed by atoms with E-state index < -0.39 is 17.9 Å². The molecule has 0 fully saturated rings. The van der Waals surface area contributed by atoms with Crippen LogP contribution in [0.1, 0.15) is 40.0 Å². The summed E-state index contributed by atoms with van der Waals surface area (Å²) in [6, 6.07) is 0. The van der Waals surface area contributed by atoms with Crippen molar-refractivity contribution in [2.75, 3.05) is 0 Å². The highest BCUT2D eigenvalue weighted by Gasteiger charge is 2.31. The van der Waals surface area contributed by atoms with E-state index in [-0.39, 0.29) is 6.42 Å². The highest BCUT2D eigenvalue weighted by Crippen LogP contribution is 2.25. The van der Waals surface area contributed by atoms with E-state index in [0.717, 1.165) is 18.9 Å². The Balaban J connectivity index is 4.32. The van der Waals surface area contributed by atoms with Gasteiger partial charge in [-0.3, -0.25) is 0 Å². The molecule has 0 aliphatic carbocycles. The van der Waals surface area contributed by atoms with Crippen LogP contribution in [0.4, 0.5) is 17.6 Å². The summed E-state index contributed by atoms with van der Waals surface area (Å²) < 4.78 is 52.0. The Hall–Kier alpha value is -1.00. The second kappa shape index (κ2) is 6.55. The molecule has 0 spiro atoms. The molecule has 0 rings (SSSR count). The molecule has 0 N–H and O–H groups in total.